The first-order chi connectivity index (χ1) is 9.79. The molecule has 1 aliphatic heterocycles. The van der Waals surface area contributed by atoms with Crippen LogP contribution in [0.25, 0.3) is 22.2 Å². The second-order valence-electron chi connectivity index (χ2n) is 5.10. The normalized spacial score (nSPS) is 15.6. The minimum Gasteiger partial charge on any atom is -0.352 e. The number of aromatic nitrogens is 4. The van der Waals surface area contributed by atoms with Crippen LogP contribution in [0.15, 0.2) is 36.8 Å². The van der Waals surface area contributed by atoms with Gasteiger partial charge in [-0.15, -0.1) is 0 Å². The highest BCUT2D eigenvalue weighted by Crippen LogP contribution is 2.24. The van der Waals surface area contributed by atoms with Gasteiger partial charge >= 0.3 is 0 Å². The third kappa shape index (κ3) is 1.81. The summed E-state index contributed by atoms with van der Waals surface area (Å²) in [6, 6.07) is 6.35. The van der Waals surface area contributed by atoms with Crippen LogP contribution >= 0.6 is 0 Å². The summed E-state index contributed by atoms with van der Waals surface area (Å²) < 4.78 is 0. The number of fused-ring (bicyclic) bond motifs is 1. The van der Waals surface area contributed by atoms with Gasteiger partial charge in [0, 0.05) is 30.1 Å². The minimum absolute atomic E-state index is 0.253. The van der Waals surface area contributed by atoms with Crippen molar-refractivity contribution in [1.29, 1.82) is 0 Å². The van der Waals surface area contributed by atoms with E-state index in [9.17, 15) is 0 Å². The van der Waals surface area contributed by atoms with E-state index in [1.807, 2.05) is 18.3 Å². The largest absolute Gasteiger partial charge is 0.352 e. The summed E-state index contributed by atoms with van der Waals surface area (Å²) in [5.41, 5.74) is 8.73. The van der Waals surface area contributed by atoms with Crippen LogP contribution in [0.1, 0.15) is 0 Å². The Morgan fingerprint density at radius 3 is 2.95 bits per heavy atom. The summed E-state index contributed by atoms with van der Waals surface area (Å²) >= 11 is 0. The Morgan fingerprint density at radius 2 is 2.10 bits per heavy atom. The van der Waals surface area contributed by atoms with Gasteiger partial charge in [0.2, 0.25) is 0 Å². The van der Waals surface area contributed by atoms with Crippen LogP contribution in [0.3, 0.4) is 0 Å². The zero-order chi connectivity index (χ0) is 13.5. The molecule has 4 rings (SSSR count). The zero-order valence-electron chi connectivity index (χ0n) is 10.8. The number of rotatable bonds is 2. The minimum atomic E-state index is 0.253. The van der Waals surface area contributed by atoms with Crippen LogP contribution in [-0.2, 0) is 0 Å². The highest BCUT2D eigenvalue weighted by atomic mass is 15.3. The highest BCUT2D eigenvalue weighted by Gasteiger charge is 2.24. The van der Waals surface area contributed by atoms with Gasteiger partial charge in [-0.1, -0.05) is 6.07 Å². The van der Waals surface area contributed by atoms with Gasteiger partial charge in [0.05, 0.1) is 29.8 Å². The standard InChI is InChI=1S/C14H14N6/c15-11-7-20(8-11)14-6-16-5-13(18-14)9-1-2-12-10(3-9)4-17-19-12/h1-6,11H,7-8,15H2,(H,17,19). The van der Waals surface area contributed by atoms with Gasteiger partial charge in [-0.05, 0) is 12.1 Å². The third-order valence-corrected chi connectivity index (χ3v) is 3.59. The number of hydrogen-bond acceptors (Lipinski definition) is 5. The van der Waals surface area contributed by atoms with Crippen molar-refractivity contribution < 1.29 is 0 Å². The number of nitrogens with one attached hydrogen (secondary N) is 1. The lowest BCUT2D eigenvalue weighted by Gasteiger charge is -2.37. The number of aromatic amines is 1. The molecule has 6 heteroatoms. The van der Waals surface area contributed by atoms with E-state index in [0.29, 0.717) is 0 Å². The van der Waals surface area contributed by atoms with Gasteiger partial charge in [0.15, 0.2) is 0 Å². The predicted octanol–water partition coefficient (Wildman–Crippen LogP) is 1.17. The molecule has 1 aliphatic rings. The average molecular weight is 266 g/mol. The highest BCUT2D eigenvalue weighted by molar-refractivity contribution is 5.83. The Hall–Kier alpha value is -2.47. The Morgan fingerprint density at radius 1 is 1.20 bits per heavy atom. The molecule has 3 N–H and O–H groups in total. The van der Waals surface area contributed by atoms with Crippen LogP contribution in [0.4, 0.5) is 5.82 Å². The summed E-state index contributed by atoms with van der Waals surface area (Å²) in [5.74, 6) is 0.886. The first-order valence-electron chi connectivity index (χ1n) is 6.56. The fourth-order valence-corrected chi connectivity index (χ4v) is 2.45. The van der Waals surface area contributed by atoms with E-state index in [1.54, 1.807) is 12.4 Å². The summed E-state index contributed by atoms with van der Waals surface area (Å²) in [5, 5.41) is 8.04. The molecular weight excluding hydrogens is 252 g/mol. The lowest BCUT2D eigenvalue weighted by Crippen LogP contribution is -2.56. The number of anilines is 1. The van der Waals surface area contributed by atoms with Crippen LogP contribution in [0.5, 0.6) is 0 Å². The molecule has 20 heavy (non-hydrogen) atoms. The van der Waals surface area contributed by atoms with E-state index in [1.165, 1.54) is 0 Å². The molecule has 0 unspecified atom stereocenters. The van der Waals surface area contributed by atoms with Crippen molar-refractivity contribution in [2.75, 3.05) is 18.0 Å². The Labute approximate surface area is 115 Å². The second-order valence-corrected chi connectivity index (χ2v) is 5.10. The Balaban J connectivity index is 1.72. The van der Waals surface area contributed by atoms with Crippen LogP contribution in [0.2, 0.25) is 0 Å². The van der Waals surface area contributed by atoms with Crippen molar-refractivity contribution >= 4 is 16.7 Å². The molecule has 0 spiro atoms. The molecule has 1 aromatic carbocycles. The maximum Gasteiger partial charge on any atom is 0.147 e. The average Bonchev–Trinajstić information content (AvgIpc) is 2.91. The molecule has 3 heterocycles. The molecule has 6 nitrogen and oxygen atoms in total. The van der Waals surface area contributed by atoms with Gasteiger partial charge in [-0.2, -0.15) is 5.10 Å². The van der Waals surface area contributed by atoms with Gasteiger partial charge < -0.3 is 10.6 Å². The molecule has 1 saturated heterocycles. The fraction of sp³-hybridized carbons (Fsp3) is 0.214. The lowest BCUT2D eigenvalue weighted by atomic mass is 10.1. The molecule has 0 atom stereocenters. The topological polar surface area (TPSA) is 83.7 Å². The van der Waals surface area contributed by atoms with E-state index in [0.717, 1.165) is 41.1 Å². The monoisotopic (exact) mass is 266 g/mol. The molecule has 2 aromatic heterocycles. The smallest absolute Gasteiger partial charge is 0.147 e. The predicted molar refractivity (Wildman–Crippen MR) is 77.3 cm³/mol. The quantitative estimate of drug-likeness (QED) is 0.727. The first kappa shape index (κ1) is 11.4. The molecule has 100 valence electrons. The SMILES string of the molecule is NC1CN(c2cncc(-c3ccc4[nH]ncc4c3)n2)C1. The number of H-pyrrole nitrogens is 1. The molecule has 0 radical (unpaired) electrons. The first-order valence-corrected chi connectivity index (χ1v) is 6.56. The molecule has 1 fully saturated rings. The second kappa shape index (κ2) is 4.28. The molecule has 0 amide bonds. The molecule has 0 aliphatic carbocycles. The van der Waals surface area contributed by atoms with E-state index >= 15 is 0 Å². The fourth-order valence-electron chi connectivity index (χ4n) is 2.45. The van der Waals surface area contributed by atoms with Gasteiger partial charge in [-0.3, -0.25) is 10.1 Å². The van der Waals surface area contributed by atoms with Crippen LogP contribution < -0.4 is 10.6 Å². The zero-order valence-corrected chi connectivity index (χ0v) is 10.8. The van der Waals surface area contributed by atoms with Gasteiger partial charge in [0.1, 0.15) is 5.82 Å². The van der Waals surface area contributed by atoms with Crippen LogP contribution in [-0.4, -0.2) is 39.3 Å². The molecule has 0 bridgehead atoms. The molecule has 0 saturated carbocycles. The summed E-state index contributed by atoms with van der Waals surface area (Å²) in [7, 11) is 0. The van der Waals surface area contributed by atoms with Crippen molar-refractivity contribution in [3.63, 3.8) is 0 Å². The maximum absolute atomic E-state index is 5.81. The van der Waals surface area contributed by atoms with Gasteiger partial charge in [0.25, 0.3) is 0 Å². The number of benzene rings is 1. The van der Waals surface area contributed by atoms with Crippen molar-refractivity contribution in [3.05, 3.63) is 36.8 Å². The van der Waals surface area contributed by atoms with E-state index in [4.69, 9.17) is 5.73 Å². The Bertz CT molecular complexity index is 759. The number of hydrogen-bond donors (Lipinski definition) is 2. The van der Waals surface area contributed by atoms with E-state index in [-0.39, 0.29) is 6.04 Å². The van der Waals surface area contributed by atoms with Crippen molar-refractivity contribution in [1.82, 2.24) is 20.2 Å². The lowest BCUT2D eigenvalue weighted by molar-refractivity contribution is 0.514. The number of nitrogens with two attached hydrogens (primary N) is 1. The van der Waals surface area contributed by atoms with Gasteiger partial charge in [-0.25, -0.2) is 4.98 Å². The molecular formula is C14H14N6. The van der Waals surface area contributed by atoms with Crippen molar-refractivity contribution in [2.24, 2.45) is 5.73 Å². The number of nitrogens with zero attached hydrogens (tertiary/aromatic N) is 4. The summed E-state index contributed by atoms with van der Waals surface area (Å²) in [6.07, 6.45) is 5.38. The van der Waals surface area contributed by atoms with Crippen molar-refractivity contribution in [2.45, 2.75) is 6.04 Å². The summed E-state index contributed by atoms with van der Waals surface area (Å²) in [6.45, 7) is 1.69. The van der Waals surface area contributed by atoms with Crippen LogP contribution in [0, 0.1) is 0 Å². The Kier molecular flexibility index (Phi) is 2.43. The maximum atomic E-state index is 5.81. The van der Waals surface area contributed by atoms with Crippen molar-refractivity contribution in [3.8, 4) is 11.3 Å². The third-order valence-electron chi connectivity index (χ3n) is 3.59. The van der Waals surface area contributed by atoms with E-state index in [2.05, 4.69) is 31.1 Å². The van der Waals surface area contributed by atoms with E-state index < -0.39 is 0 Å². The molecule has 3 aromatic rings. The summed E-state index contributed by atoms with van der Waals surface area (Å²) in [4.78, 5) is 11.1.